The highest BCUT2D eigenvalue weighted by molar-refractivity contribution is 7.92. The lowest BCUT2D eigenvalue weighted by Crippen LogP contribution is -2.41. The summed E-state index contributed by atoms with van der Waals surface area (Å²) in [4.78, 5) is 26.5. The number of rotatable bonds is 10. The van der Waals surface area contributed by atoms with E-state index in [4.69, 9.17) is 9.47 Å². The topological polar surface area (TPSA) is 86.7 Å². The number of hydrogen-bond acceptors (Lipinski definition) is 6. The largest absolute Gasteiger partial charge is 0.465 e. The first kappa shape index (κ1) is 29.9. The Balaban J connectivity index is 2.13. The monoisotopic (exact) mass is 542 g/mol. The van der Waals surface area contributed by atoms with E-state index in [0.717, 1.165) is 24.8 Å². The fourth-order valence-corrected chi connectivity index (χ4v) is 8.14. The van der Waals surface area contributed by atoms with Crippen LogP contribution in [0.5, 0.6) is 0 Å². The van der Waals surface area contributed by atoms with Gasteiger partial charge in [0.25, 0.3) is 0 Å². The van der Waals surface area contributed by atoms with Crippen LogP contribution in [0.15, 0.2) is 70.2 Å². The summed E-state index contributed by atoms with van der Waals surface area (Å²) in [6.07, 6.45) is 9.05. The van der Waals surface area contributed by atoms with E-state index >= 15 is 0 Å². The summed E-state index contributed by atoms with van der Waals surface area (Å²) in [5.74, 6) is -1.47. The number of sulfone groups is 1. The van der Waals surface area contributed by atoms with Crippen LogP contribution in [0.25, 0.3) is 0 Å². The minimum atomic E-state index is -3.97. The lowest BCUT2D eigenvalue weighted by Gasteiger charge is -2.33. The van der Waals surface area contributed by atoms with Gasteiger partial charge in [-0.15, -0.1) is 0 Å². The maximum atomic E-state index is 14.1. The van der Waals surface area contributed by atoms with Crippen LogP contribution in [0.2, 0.25) is 0 Å². The molecule has 7 heteroatoms. The van der Waals surface area contributed by atoms with Gasteiger partial charge in [-0.05, 0) is 76.5 Å². The maximum absolute atomic E-state index is 14.1. The van der Waals surface area contributed by atoms with E-state index in [0.29, 0.717) is 0 Å². The van der Waals surface area contributed by atoms with Crippen LogP contribution >= 0.6 is 0 Å². The Hall–Kier alpha value is -2.67. The van der Waals surface area contributed by atoms with Crippen LogP contribution < -0.4 is 0 Å². The second-order valence-electron chi connectivity index (χ2n) is 11.4. The summed E-state index contributed by atoms with van der Waals surface area (Å²) < 4.78 is 38.7. The van der Waals surface area contributed by atoms with Gasteiger partial charge in [-0.25, -0.2) is 8.42 Å². The average molecular weight is 543 g/mol. The third kappa shape index (κ3) is 5.40. The van der Waals surface area contributed by atoms with Gasteiger partial charge in [-0.3, -0.25) is 9.59 Å². The Kier molecular flexibility index (Phi) is 8.81. The Labute approximate surface area is 228 Å². The van der Waals surface area contributed by atoms with E-state index in [9.17, 15) is 18.0 Å². The van der Waals surface area contributed by atoms with Gasteiger partial charge >= 0.3 is 11.9 Å². The third-order valence-electron chi connectivity index (χ3n) is 8.23. The van der Waals surface area contributed by atoms with Crippen LogP contribution in [0.1, 0.15) is 74.1 Å². The molecule has 0 N–H and O–H groups in total. The van der Waals surface area contributed by atoms with Crippen molar-refractivity contribution in [3.63, 3.8) is 0 Å². The van der Waals surface area contributed by atoms with Gasteiger partial charge in [0.2, 0.25) is 0 Å². The Morgan fingerprint density at radius 3 is 2.13 bits per heavy atom. The van der Waals surface area contributed by atoms with Crippen molar-refractivity contribution in [1.82, 2.24) is 0 Å². The highest BCUT2D eigenvalue weighted by atomic mass is 32.2. The second-order valence-corrected chi connectivity index (χ2v) is 13.5. The summed E-state index contributed by atoms with van der Waals surface area (Å²) in [7, 11) is -3.97. The van der Waals surface area contributed by atoms with Crippen molar-refractivity contribution >= 4 is 21.8 Å². The molecule has 1 fully saturated rings. The smallest absolute Gasteiger partial charge is 0.324 e. The van der Waals surface area contributed by atoms with E-state index in [-0.39, 0.29) is 29.9 Å². The van der Waals surface area contributed by atoms with Crippen LogP contribution in [-0.4, -0.2) is 38.8 Å². The third-order valence-corrected chi connectivity index (χ3v) is 10.5. The van der Waals surface area contributed by atoms with E-state index in [2.05, 4.69) is 26.8 Å². The molecule has 1 aromatic carbocycles. The average Bonchev–Trinajstić information content (AvgIpc) is 3.50. The molecule has 0 amide bonds. The summed E-state index contributed by atoms with van der Waals surface area (Å²) in [5.41, 5.74) is 0.469. The first-order chi connectivity index (χ1) is 17.8. The number of hydrogen-bond donors (Lipinski definition) is 0. The highest BCUT2D eigenvalue weighted by Crippen LogP contribution is 2.69. The first-order valence-electron chi connectivity index (χ1n) is 13.5. The molecule has 0 aromatic heterocycles. The van der Waals surface area contributed by atoms with Crippen molar-refractivity contribution in [2.24, 2.45) is 16.2 Å². The van der Waals surface area contributed by atoms with Gasteiger partial charge in [-0.1, -0.05) is 68.3 Å². The standard InChI is InChI=1S/C31H42O6S/c1-8-36-27(32)31(28(33)37-9-2)21-30(31,7)26(38(34,35)24-15-11-10-12-16-24)20-22(3)17-18-25-23(4)14-13-19-29(25,5)6/h10-12,15-18,20,26H,8-9,13-14,19,21H2,1-7H3/b18-17+,22-20+. The molecule has 0 aliphatic heterocycles. The SMILES string of the molecule is CCOC(=O)C1(C(=O)OCC)CC1(C)C(/C=C(C)/C=C/C1=C(C)CCCC1(C)C)S(=O)(=O)c1ccccc1. The van der Waals surface area contributed by atoms with Gasteiger partial charge in [0.05, 0.1) is 23.4 Å². The molecule has 0 saturated heterocycles. The maximum Gasteiger partial charge on any atom is 0.324 e. The molecule has 2 atom stereocenters. The van der Waals surface area contributed by atoms with E-state index in [1.54, 1.807) is 57.2 Å². The highest BCUT2D eigenvalue weighted by Gasteiger charge is 2.80. The van der Waals surface area contributed by atoms with Crippen molar-refractivity contribution in [3.05, 3.63) is 65.3 Å². The quantitative estimate of drug-likeness (QED) is 0.194. The van der Waals surface area contributed by atoms with Gasteiger partial charge in [0.1, 0.15) is 0 Å². The second kappa shape index (κ2) is 11.2. The van der Waals surface area contributed by atoms with Gasteiger partial charge < -0.3 is 9.47 Å². The lowest BCUT2D eigenvalue weighted by atomic mass is 9.72. The Morgan fingerprint density at radius 1 is 1.03 bits per heavy atom. The van der Waals surface area contributed by atoms with Crippen LogP contribution in [-0.2, 0) is 28.9 Å². The van der Waals surface area contributed by atoms with Crippen LogP contribution in [0, 0.1) is 16.2 Å². The van der Waals surface area contributed by atoms with Crippen molar-refractivity contribution in [1.29, 1.82) is 0 Å². The molecule has 0 heterocycles. The number of ether oxygens (including phenoxy) is 2. The fraction of sp³-hybridized carbons (Fsp3) is 0.548. The van der Waals surface area contributed by atoms with Crippen LogP contribution in [0.4, 0.5) is 0 Å². The molecule has 6 nitrogen and oxygen atoms in total. The molecule has 208 valence electrons. The molecular weight excluding hydrogens is 500 g/mol. The first-order valence-corrected chi connectivity index (χ1v) is 15.0. The number of carbonyl (C=O) groups is 2. The van der Waals surface area contributed by atoms with Gasteiger partial charge in [0.15, 0.2) is 15.3 Å². The molecular formula is C31H42O6S. The summed E-state index contributed by atoms with van der Waals surface area (Å²) in [6.45, 7) is 13.6. The zero-order valence-electron chi connectivity index (χ0n) is 23.8. The Morgan fingerprint density at radius 2 is 1.61 bits per heavy atom. The molecule has 38 heavy (non-hydrogen) atoms. The fourth-order valence-electron chi connectivity index (χ4n) is 5.94. The van der Waals surface area contributed by atoms with Crippen molar-refractivity contribution in [2.45, 2.75) is 84.3 Å². The van der Waals surface area contributed by atoms with Gasteiger partial charge in [-0.2, -0.15) is 0 Å². The molecule has 1 saturated carbocycles. The summed E-state index contributed by atoms with van der Waals surface area (Å²) in [5, 5.41) is -1.15. The van der Waals surface area contributed by atoms with Crippen LogP contribution in [0.3, 0.4) is 0 Å². The van der Waals surface area contributed by atoms with E-state index in [1.165, 1.54) is 11.1 Å². The minimum Gasteiger partial charge on any atom is -0.465 e. The zero-order chi connectivity index (χ0) is 28.4. The number of allylic oxidation sites excluding steroid dienone is 5. The van der Waals surface area contributed by atoms with Crippen molar-refractivity contribution in [2.75, 3.05) is 13.2 Å². The molecule has 0 bridgehead atoms. The molecule has 0 radical (unpaired) electrons. The number of esters is 2. The molecule has 2 aliphatic rings. The zero-order valence-corrected chi connectivity index (χ0v) is 24.6. The van der Waals surface area contributed by atoms with E-state index < -0.39 is 37.9 Å². The number of carbonyl (C=O) groups excluding carboxylic acids is 2. The normalized spacial score (nSPS) is 23.7. The van der Waals surface area contributed by atoms with Crippen molar-refractivity contribution < 1.29 is 27.5 Å². The molecule has 2 aliphatic carbocycles. The molecule has 0 spiro atoms. The molecule has 2 unspecified atom stereocenters. The van der Waals surface area contributed by atoms with Crippen molar-refractivity contribution in [3.8, 4) is 0 Å². The van der Waals surface area contributed by atoms with E-state index in [1.807, 2.05) is 13.0 Å². The lowest BCUT2D eigenvalue weighted by molar-refractivity contribution is -0.166. The Bertz CT molecular complexity index is 1230. The van der Waals surface area contributed by atoms with Gasteiger partial charge in [0, 0.05) is 5.41 Å². The summed E-state index contributed by atoms with van der Waals surface area (Å²) >= 11 is 0. The molecule has 3 rings (SSSR count). The predicted molar refractivity (Wildman–Crippen MR) is 149 cm³/mol. The predicted octanol–water partition coefficient (Wildman–Crippen LogP) is 6.38. The number of benzene rings is 1. The minimum absolute atomic E-state index is 0.0270. The summed E-state index contributed by atoms with van der Waals surface area (Å²) in [6, 6.07) is 8.17. The molecule has 1 aromatic rings.